The van der Waals surface area contributed by atoms with Crippen molar-refractivity contribution in [3.05, 3.63) is 97.0 Å². The van der Waals surface area contributed by atoms with Crippen LogP contribution in [0.5, 0.6) is 0 Å². The van der Waals surface area contributed by atoms with E-state index >= 15 is 0 Å². The molecule has 0 bridgehead atoms. The number of anilines is 1. The van der Waals surface area contributed by atoms with Gasteiger partial charge < -0.3 is 9.64 Å². The van der Waals surface area contributed by atoms with Gasteiger partial charge in [-0.25, -0.2) is 4.79 Å². The van der Waals surface area contributed by atoms with Crippen LogP contribution >= 0.6 is 45.8 Å². The molecule has 1 amide bonds. The van der Waals surface area contributed by atoms with Crippen molar-refractivity contribution in [3.8, 4) is 0 Å². The fraction of sp³-hybridized carbons (Fsp3) is 0.130. The van der Waals surface area contributed by atoms with Gasteiger partial charge in [0.2, 0.25) is 0 Å². The molecule has 30 heavy (non-hydrogen) atoms. The van der Waals surface area contributed by atoms with Gasteiger partial charge in [0, 0.05) is 24.9 Å². The molecule has 0 aliphatic carbocycles. The minimum atomic E-state index is -0.409. The Morgan fingerprint density at radius 2 is 1.57 bits per heavy atom. The molecule has 0 atom stereocenters. The Morgan fingerprint density at radius 1 is 0.933 bits per heavy atom. The first-order chi connectivity index (χ1) is 14.4. The van der Waals surface area contributed by atoms with Crippen molar-refractivity contribution in [1.29, 1.82) is 0 Å². The molecule has 4 nitrogen and oxygen atoms in total. The highest BCUT2D eigenvalue weighted by Gasteiger charge is 2.22. The molecule has 0 radical (unpaired) electrons. The maximum absolute atomic E-state index is 13.5. The highest BCUT2D eigenvalue weighted by molar-refractivity contribution is 14.1. The number of hydrogen-bond donors (Lipinski definition) is 0. The van der Waals surface area contributed by atoms with Crippen molar-refractivity contribution in [1.82, 2.24) is 0 Å². The largest absolute Gasteiger partial charge is 0.462 e. The maximum Gasteiger partial charge on any atom is 0.338 e. The second-order valence-electron chi connectivity index (χ2n) is 6.34. The van der Waals surface area contributed by atoms with Gasteiger partial charge in [-0.3, -0.25) is 4.79 Å². The van der Waals surface area contributed by atoms with Gasteiger partial charge in [0.15, 0.2) is 0 Å². The number of carbonyl (C=O) groups excluding carboxylic acids is 2. The molecule has 0 saturated carbocycles. The zero-order valence-electron chi connectivity index (χ0n) is 16.1. The van der Waals surface area contributed by atoms with Gasteiger partial charge in [-0.1, -0.05) is 41.4 Å². The number of amides is 1. The molecule has 0 fully saturated rings. The van der Waals surface area contributed by atoms with E-state index in [0.717, 1.165) is 3.57 Å². The summed E-state index contributed by atoms with van der Waals surface area (Å²) < 4.78 is 5.86. The first kappa shape index (κ1) is 22.6. The third kappa shape index (κ3) is 5.14. The van der Waals surface area contributed by atoms with E-state index in [0.29, 0.717) is 39.0 Å². The minimum absolute atomic E-state index is 0.182. The zero-order chi connectivity index (χ0) is 21.7. The highest BCUT2D eigenvalue weighted by Crippen LogP contribution is 2.29. The monoisotopic (exact) mass is 553 g/mol. The van der Waals surface area contributed by atoms with Gasteiger partial charge in [0.1, 0.15) is 0 Å². The van der Waals surface area contributed by atoms with Crippen molar-refractivity contribution in [2.45, 2.75) is 13.5 Å². The van der Waals surface area contributed by atoms with Crippen LogP contribution in [0, 0.1) is 3.57 Å². The van der Waals surface area contributed by atoms with E-state index < -0.39 is 5.97 Å². The number of hydrogen-bond acceptors (Lipinski definition) is 3. The van der Waals surface area contributed by atoms with Crippen LogP contribution in [0.25, 0.3) is 0 Å². The summed E-state index contributed by atoms with van der Waals surface area (Å²) in [5.74, 6) is -0.603. The van der Waals surface area contributed by atoms with Gasteiger partial charge in [0.25, 0.3) is 5.91 Å². The van der Waals surface area contributed by atoms with Gasteiger partial charge in [0.05, 0.1) is 24.3 Å². The molecular weight excluding hydrogens is 536 g/mol. The molecule has 3 aromatic rings. The molecule has 0 heterocycles. The molecule has 0 aliphatic rings. The standard InChI is InChI=1S/C23H18Cl2INO3/c1-2-30-23(29)15-10-12-16(13-11-15)27(14-18-19(24)7-5-8-20(18)25)22(28)17-6-3-4-9-21(17)26/h3-13H,2,14H2,1H3. The molecular formula is C23H18Cl2INO3. The van der Waals surface area contributed by atoms with Crippen LogP contribution in [0.4, 0.5) is 5.69 Å². The van der Waals surface area contributed by atoms with Gasteiger partial charge in [-0.2, -0.15) is 0 Å². The lowest BCUT2D eigenvalue weighted by molar-refractivity contribution is 0.0526. The van der Waals surface area contributed by atoms with Crippen LogP contribution in [0.1, 0.15) is 33.2 Å². The molecule has 0 unspecified atom stereocenters. The summed E-state index contributed by atoms with van der Waals surface area (Å²) in [4.78, 5) is 27.0. The van der Waals surface area contributed by atoms with E-state index in [-0.39, 0.29) is 12.5 Å². The first-order valence-electron chi connectivity index (χ1n) is 9.18. The molecule has 0 spiro atoms. The van der Waals surface area contributed by atoms with E-state index in [1.54, 1.807) is 60.4 Å². The molecule has 0 aliphatic heterocycles. The summed E-state index contributed by atoms with van der Waals surface area (Å²) >= 11 is 14.9. The van der Waals surface area contributed by atoms with Crippen LogP contribution in [0.3, 0.4) is 0 Å². The van der Waals surface area contributed by atoms with Crippen molar-refractivity contribution < 1.29 is 14.3 Å². The van der Waals surface area contributed by atoms with E-state index in [9.17, 15) is 9.59 Å². The van der Waals surface area contributed by atoms with E-state index in [2.05, 4.69) is 22.6 Å². The normalized spacial score (nSPS) is 10.5. The lowest BCUT2D eigenvalue weighted by Gasteiger charge is -2.25. The SMILES string of the molecule is CCOC(=O)c1ccc(N(Cc2c(Cl)cccc2Cl)C(=O)c2ccccc2I)cc1. The lowest BCUT2D eigenvalue weighted by atomic mass is 10.1. The average Bonchev–Trinajstić information content (AvgIpc) is 2.74. The summed E-state index contributed by atoms with van der Waals surface area (Å²) in [7, 11) is 0. The molecule has 3 rings (SSSR count). The van der Waals surface area contributed by atoms with Gasteiger partial charge in [-0.15, -0.1) is 0 Å². The quantitative estimate of drug-likeness (QED) is 0.254. The number of halogens is 3. The molecule has 0 N–H and O–H groups in total. The Kier molecular flexibility index (Phi) is 7.75. The van der Waals surface area contributed by atoms with Crippen molar-refractivity contribution in [3.63, 3.8) is 0 Å². The fourth-order valence-corrected chi connectivity index (χ4v) is 4.03. The van der Waals surface area contributed by atoms with Crippen LogP contribution in [0.2, 0.25) is 10.0 Å². The Hall–Kier alpha value is -2.09. The minimum Gasteiger partial charge on any atom is -0.462 e. The Balaban J connectivity index is 2.02. The summed E-state index contributed by atoms with van der Waals surface area (Å²) in [6.45, 7) is 2.23. The molecule has 0 aromatic heterocycles. The molecule has 3 aromatic carbocycles. The van der Waals surface area contributed by atoms with E-state index in [1.165, 1.54) is 0 Å². The number of ether oxygens (including phenoxy) is 1. The van der Waals surface area contributed by atoms with Gasteiger partial charge in [-0.05, 0) is 78.0 Å². The van der Waals surface area contributed by atoms with Crippen molar-refractivity contribution in [2.24, 2.45) is 0 Å². The third-order valence-corrected chi connectivity index (χ3v) is 6.07. The fourth-order valence-electron chi connectivity index (χ4n) is 2.89. The Labute approximate surface area is 198 Å². The molecule has 7 heteroatoms. The second-order valence-corrected chi connectivity index (χ2v) is 8.32. The van der Waals surface area contributed by atoms with E-state index in [4.69, 9.17) is 27.9 Å². The third-order valence-electron chi connectivity index (χ3n) is 4.42. The summed E-state index contributed by atoms with van der Waals surface area (Å²) in [6.07, 6.45) is 0. The Bertz CT molecular complexity index is 1050. The van der Waals surface area contributed by atoms with Crippen LogP contribution in [0.15, 0.2) is 66.7 Å². The smallest absolute Gasteiger partial charge is 0.338 e. The van der Waals surface area contributed by atoms with Crippen LogP contribution < -0.4 is 4.90 Å². The van der Waals surface area contributed by atoms with Crippen LogP contribution in [-0.2, 0) is 11.3 Å². The van der Waals surface area contributed by atoms with Crippen molar-refractivity contribution >= 4 is 63.4 Å². The lowest BCUT2D eigenvalue weighted by Crippen LogP contribution is -2.31. The predicted molar refractivity (Wildman–Crippen MR) is 129 cm³/mol. The van der Waals surface area contributed by atoms with Gasteiger partial charge >= 0.3 is 5.97 Å². The molecule has 0 saturated heterocycles. The van der Waals surface area contributed by atoms with E-state index in [1.807, 2.05) is 18.2 Å². The Morgan fingerprint density at radius 3 is 2.17 bits per heavy atom. The number of benzene rings is 3. The summed E-state index contributed by atoms with van der Waals surface area (Å²) in [5, 5.41) is 0.956. The number of rotatable bonds is 6. The number of carbonyl (C=O) groups is 2. The summed E-state index contributed by atoms with van der Waals surface area (Å²) in [6, 6.07) is 19.3. The first-order valence-corrected chi connectivity index (χ1v) is 11.0. The topological polar surface area (TPSA) is 46.6 Å². The number of nitrogens with zero attached hydrogens (tertiary/aromatic N) is 1. The number of esters is 1. The predicted octanol–water partition coefficient (Wildman–Crippen LogP) is 6.62. The molecule has 154 valence electrons. The average molecular weight is 554 g/mol. The second kappa shape index (κ2) is 10.3. The highest BCUT2D eigenvalue weighted by atomic mass is 127. The zero-order valence-corrected chi connectivity index (χ0v) is 19.7. The van der Waals surface area contributed by atoms with Crippen molar-refractivity contribution in [2.75, 3.05) is 11.5 Å². The summed E-state index contributed by atoms with van der Waals surface area (Å²) in [5.41, 5.74) is 2.24. The van der Waals surface area contributed by atoms with Crippen LogP contribution in [-0.4, -0.2) is 18.5 Å². The maximum atomic E-state index is 13.5.